The third-order valence-corrected chi connectivity index (χ3v) is 1.70. The first-order valence-corrected chi connectivity index (χ1v) is 4.81. The Balaban J connectivity index is 2.91. The van der Waals surface area contributed by atoms with Gasteiger partial charge in [0.2, 0.25) is 0 Å². The van der Waals surface area contributed by atoms with Crippen LogP contribution in [0.2, 0.25) is 0 Å². The second-order valence-corrected chi connectivity index (χ2v) is 4.22. The highest BCUT2D eigenvalue weighted by Gasteiger charge is 2.20. The molecule has 0 aromatic carbocycles. The maximum absolute atomic E-state index is 11.7. The monoisotopic (exact) mass is 208 g/mol. The zero-order valence-corrected chi connectivity index (χ0v) is 9.28. The van der Waals surface area contributed by atoms with Crippen LogP contribution >= 0.6 is 0 Å². The Labute approximate surface area is 89.5 Å². The Morgan fingerprint density at radius 3 is 2.73 bits per heavy atom. The molecule has 0 bridgehead atoms. The van der Waals surface area contributed by atoms with Crippen molar-refractivity contribution in [3.05, 3.63) is 29.6 Å². The van der Waals surface area contributed by atoms with E-state index in [-0.39, 0.29) is 6.54 Å². The van der Waals surface area contributed by atoms with E-state index in [1.807, 2.05) is 20.8 Å². The summed E-state index contributed by atoms with van der Waals surface area (Å²) in [5.74, 6) is -0.427. The molecule has 0 aliphatic carbocycles. The van der Waals surface area contributed by atoms with Gasteiger partial charge in [-0.2, -0.15) is 0 Å². The van der Waals surface area contributed by atoms with Gasteiger partial charge in [0, 0.05) is 12.7 Å². The minimum absolute atomic E-state index is 0.280. The van der Waals surface area contributed by atoms with Crippen LogP contribution in [0.5, 0.6) is 0 Å². The Hall–Kier alpha value is -1.42. The van der Waals surface area contributed by atoms with E-state index < -0.39 is 11.6 Å². The lowest BCUT2D eigenvalue weighted by atomic mass is 10.1. The summed E-state index contributed by atoms with van der Waals surface area (Å²) in [5.41, 5.74) is 5.99. The molecule has 0 spiro atoms. The van der Waals surface area contributed by atoms with Gasteiger partial charge in [-0.15, -0.1) is 0 Å². The highest BCUT2D eigenvalue weighted by atomic mass is 16.6. The van der Waals surface area contributed by atoms with Crippen molar-refractivity contribution in [1.82, 2.24) is 4.98 Å². The number of hydrogen-bond donors (Lipinski definition) is 1. The number of esters is 1. The highest BCUT2D eigenvalue weighted by molar-refractivity contribution is 5.89. The van der Waals surface area contributed by atoms with E-state index in [1.165, 1.54) is 0 Å². The van der Waals surface area contributed by atoms with E-state index in [2.05, 4.69) is 4.98 Å². The molecule has 0 unspecified atom stereocenters. The van der Waals surface area contributed by atoms with E-state index in [4.69, 9.17) is 10.5 Å². The minimum Gasteiger partial charge on any atom is -0.455 e. The van der Waals surface area contributed by atoms with Crippen molar-refractivity contribution in [2.75, 3.05) is 0 Å². The summed E-state index contributed by atoms with van der Waals surface area (Å²) in [6, 6.07) is 3.52. The molecule has 0 fully saturated rings. The first-order chi connectivity index (χ1) is 6.94. The average molecular weight is 208 g/mol. The lowest BCUT2D eigenvalue weighted by Gasteiger charge is -2.19. The molecule has 0 aliphatic rings. The molecule has 1 heterocycles. The van der Waals surface area contributed by atoms with E-state index in [0.717, 1.165) is 0 Å². The Morgan fingerprint density at radius 1 is 1.53 bits per heavy atom. The third-order valence-electron chi connectivity index (χ3n) is 1.70. The summed E-state index contributed by atoms with van der Waals surface area (Å²) >= 11 is 0. The molecule has 1 rings (SSSR count). The fourth-order valence-corrected chi connectivity index (χ4v) is 1.11. The van der Waals surface area contributed by atoms with Crippen LogP contribution in [0.3, 0.4) is 0 Å². The predicted octanol–water partition coefficient (Wildman–Crippen LogP) is 1.50. The van der Waals surface area contributed by atoms with E-state index in [1.54, 1.807) is 18.3 Å². The number of nitrogens with two attached hydrogens (primary N) is 1. The minimum atomic E-state index is -0.513. The summed E-state index contributed by atoms with van der Waals surface area (Å²) < 4.78 is 5.21. The van der Waals surface area contributed by atoms with Crippen molar-refractivity contribution in [2.24, 2.45) is 5.73 Å². The zero-order valence-electron chi connectivity index (χ0n) is 9.28. The van der Waals surface area contributed by atoms with Gasteiger partial charge in [0.15, 0.2) is 5.69 Å². The van der Waals surface area contributed by atoms with Gasteiger partial charge >= 0.3 is 5.97 Å². The van der Waals surface area contributed by atoms with Crippen LogP contribution in [0.25, 0.3) is 0 Å². The van der Waals surface area contributed by atoms with Crippen molar-refractivity contribution >= 4 is 5.97 Å². The van der Waals surface area contributed by atoms with Crippen LogP contribution in [0.4, 0.5) is 0 Å². The maximum atomic E-state index is 11.7. The Morgan fingerprint density at radius 2 is 2.20 bits per heavy atom. The van der Waals surface area contributed by atoms with Gasteiger partial charge in [0.1, 0.15) is 5.60 Å². The van der Waals surface area contributed by atoms with Gasteiger partial charge in [-0.25, -0.2) is 9.78 Å². The molecule has 82 valence electrons. The summed E-state index contributed by atoms with van der Waals surface area (Å²) in [7, 11) is 0. The largest absolute Gasteiger partial charge is 0.455 e. The lowest BCUT2D eigenvalue weighted by molar-refractivity contribution is 0.00616. The summed E-state index contributed by atoms with van der Waals surface area (Å²) in [6.07, 6.45) is 1.55. The number of carbonyl (C=O) groups is 1. The van der Waals surface area contributed by atoms with Crippen molar-refractivity contribution in [1.29, 1.82) is 0 Å². The molecule has 2 N–H and O–H groups in total. The molecule has 0 amide bonds. The molecule has 1 aromatic rings. The number of rotatable bonds is 2. The fraction of sp³-hybridized carbons (Fsp3) is 0.455. The summed E-state index contributed by atoms with van der Waals surface area (Å²) in [4.78, 5) is 15.7. The normalized spacial score (nSPS) is 11.2. The van der Waals surface area contributed by atoms with Crippen molar-refractivity contribution in [2.45, 2.75) is 32.9 Å². The van der Waals surface area contributed by atoms with Gasteiger partial charge in [-0.05, 0) is 32.4 Å². The number of ether oxygens (including phenoxy) is 1. The predicted molar refractivity (Wildman–Crippen MR) is 57.3 cm³/mol. The number of carbonyl (C=O) groups excluding carboxylic acids is 1. The second-order valence-electron chi connectivity index (χ2n) is 4.22. The molecule has 0 aliphatic heterocycles. The van der Waals surface area contributed by atoms with Crippen molar-refractivity contribution in [3.63, 3.8) is 0 Å². The summed E-state index contributed by atoms with van der Waals surface area (Å²) in [6.45, 7) is 5.73. The van der Waals surface area contributed by atoms with Crippen LogP contribution < -0.4 is 5.73 Å². The summed E-state index contributed by atoms with van der Waals surface area (Å²) in [5, 5.41) is 0. The van der Waals surface area contributed by atoms with Gasteiger partial charge in [0.05, 0.1) is 0 Å². The standard InChI is InChI=1S/C11H16N2O2/c1-11(2,3)15-10(14)9-8(7-12)5-4-6-13-9/h4-6H,7,12H2,1-3H3. The van der Waals surface area contributed by atoms with Crippen LogP contribution in [-0.4, -0.2) is 16.6 Å². The third kappa shape index (κ3) is 3.32. The Bertz CT molecular complexity index is 356. The van der Waals surface area contributed by atoms with Crippen molar-refractivity contribution in [3.8, 4) is 0 Å². The van der Waals surface area contributed by atoms with Gasteiger partial charge < -0.3 is 10.5 Å². The first kappa shape index (κ1) is 11.7. The van der Waals surface area contributed by atoms with Gasteiger partial charge in [0.25, 0.3) is 0 Å². The highest BCUT2D eigenvalue weighted by Crippen LogP contribution is 2.13. The topological polar surface area (TPSA) is 65.2 Å². The maximum Gasteiger partial charge on any atom is 0.357 e. The smallest absolute Gasteiger partial charge is 0.357 e. The van der Waals surface area contributed by atoms with E-state index >= 15 is 0 Å². The average Bonchev–Trinajstić information content (AvgIpc) is 2.15. The Kier molecular flexibility index (Phi) is 3.42. The number of pyridine rings is 1. The number of aromatic nitrogens is 1. The second kappa shape index (κ2) is 4.40. The SMILES string of the molecule is CC(C)(C)OC(=O)c1ncccc1CN. The molecule has 0 saturated heterocycles. The molecular weight excluding hydrogens is 192 g/mol. The number of hydrogen-bond acceptors (Lipinski definition) is 4. The quantitative estimate of drug-likeness (QED) is 0.748. The van der Waals surface area contributed by atoms with Gasteiger partial charge in [-0.3, -0.25) is 0 Å². The van der Waals surface area contributed by atoms with Crippen molar-refractivity contribution < 1.29 is 9.53 Å². The molecule has 1 aromatic heterocycles. The van der Waals surface area contributed by atoms with E-state index in [9.17, 15) is 4.79 Å². The molecule has 0 saturated carbocycles. The molecular formula is C11H16N2O2. The molecule has 0 radical (unpaired) electrons. The van der Waals surface area contributed by atoms with Crippen LogP contribution in [-0.2, 0) is 11.3 Å². The molecule has 0 atom stereocenters. The first-order valence-electron chi connectivity index (χ1n) is 4.81. The number of nitrogens with zero attached hydrogens (tertiary/aromatic N) is 1. The van der Waals surface area contributed by atoms with Crippen LogP contribution in [0.1, 0.15) is 36.8 Å². The fourth-order valence-electron chi connectivity index (χ4n) is 1.11. The van der Waals surface area contributed by atoms with Crippen LogP contribution in [0.15, 0.2) is 18.3 Å². The molecule has 4 nitrogen and oxygen atoms in total. The zero-order chi connectivity index (χ0) is 11.5. The molecule has 4 heteroatoms. The van der Waals surface area contributed by atoms with Gasteiger partial charge in [-0.1, -0.05) is 6.07 Å². The molecule has 15 heavy (non-hydrogen) atoms. The van der Waals surface area contributed by atoms with E-state index in [0.29, 0.717) is 11.3 Å². The lowest BCUT2D eigenvalue weighted by Crippen LogP contribution is -2.25. The van der Waals surface area contributed by atoms with Crippen LogP contribution in [0, 0.1) is 0 Å².